The maximum absolute atomic E-state index is 5.98. The van der Waals surface area contributed by atoms with Crippen LogP contribution >= 0.6 is 0 Å². The predicted octanol–water partition coefficient (Wildman–Crippen LogP) is 3.57. The van der Waals surface area contributed by atoms with Crippen LogP contribution < -0.4 is 9.47 Å². The molecule has 0 atom stereocenters. The zero-order valence-electron chi connectivity index (χ0n) is 16.9. The van der Waals surface area contributed by atoms with Crippen molar-refractivity contribution in [3.8, 4) is 11.5 Å². The average molecular weight is 364 g/mol. The summed E-state index contributed by atoms with van der Waals surface area (Å²) in [6, 6.07) is 4.01. The summed E-state index contributed by atoms with van der Waals surface area (Å²) in [5.74, 6) is 1.76. The summed E-state index contributed by atoms with van der Waals surface area (Å²) >= 11 is 0. The van der Waals surface area contributed by atoms with Gasteiger partial charge >= 0.3 is 0 Å². The summed E-state index contributed by atoms with van der Waals surface area (Å²) < 4.78 is 17.2. The number of aryl methyl sites for hydroxylation is 2. The molecule has 1 aromatic carbocycles. The van der Waals surface area contributed by atoms with Crippen LogP contribution in [0.2, 0.25) is 0 Å². The normalized spacial score (nSPS) is 12.0. The lowest BCUT2D eigenvalue weighted by molar-refractivity contribution is 0.0960. The second kappa shape index (κ2) is 12.3. The van der Waals surface area contributed by atoms with Crippen LogP contribution in [-0.4, -0.2) is 57.9 Å². The van der Waals surface area contributed by atoms with Crippen LogP contribution in [-0.2, 0) is 9.57 Å². The van der Waals surface area contributed by atoms with E-state index in [1.165, 1.54) is 7.11 Å². The molecule has 6 nitrogen and oxygen atoms in total. The topological polar surface area (TPSA) is 52.5 Å². The Balaban J connectivity index is 2.42. The van der Waals surface area contributed by atoms with E-state index in [2.05, 4.69) is 10.1 Å². The third-order valence-corrected chi connectivity index (χ3v) is 3.62. The van der Waals surface area contributed by atoms with Crippen molar-refractivity contribution in [1.82, 2.24) is 4.90 Å². The molecule has 0 radical (unpaired) electrons. The standard InChI is InChI=1S/C20H32N2O4/c1-7-8-10-25-19-12-16(2)20(17(3)13-19)26-15-22(5)9-11-24-14-18(4)21-23-6/h7-8,12-13H,9-11,14-15H2,1-6H3/b8-7+,21-18?. The van der Waals surface area contributed by atoms with Crippen molar-refractivity contribution >= 4 is 5.71 Å². The first-order valence-corrected chi connectivity index (χ1v) is 8.78. The van der Waals surface area contributed by atoms with Gasteiger partial charge in [0.1, 0.15) is 31.9 Å². The van der Waals surface area contributed by atoms with Gasteiger partial charge in [-0.05, 0) is 58.0 Å². The van der Waals surface area contributed by atoms with E-state index in [-0.39, 0.29) is 0 Å². The van der Waals surface area contributed by atoms with Gasteiger partial charge in [0, 0.05) is 6.54 Å². The van der Waals surface area contributed by atoms with Crippen LogP contribution in [0.15, 0.2) is 29.4 Å². The van der Waals surface area contributed by atoms with Gasteiger partial charge in [0.2, 0.25) is 0 Å². The molecular weight excluding hydrogens is 332 g/mol. The van der Waals surface area contributed by atoms with Gasteiger partial charge in [-0.25, -0.2) is 0 Å². The molecule has 26 heavy (non-hydrogen) atoms. The van der Waals surface area contributed by atoms with E-state index >= 15 is 0 Å². The third kappa shape index (κ3) is 8.36. The Morgan fingerprint density at radius 3 is 2.50 bits per heavy atom. The second-order valence-electron chi connectivity index (χ2n) is 6.18. The molecule has 0 saturated heterocycles. The summed E-state index contributed by atoms with van der Waals surface area (Å²) in [7, 11) is 3.53. The van der Waals surface area contributed by atoms with Crippen molar-refractivity contribution in [2.75, 3.05) is 47.3 Å². The second-order valence-corrected chi connectivity index (χ2v) is 6.18. The minimum Gasteiger partial charge on any atom is -0.490 e. The lowest BCUT2D eigenvalue weighted by Crippen LogP contribution is -2.28. The zero-order chi connectivity index (χ0) is 19.4. The number of allylic oxidation sites excluding steroid dienone is 1. The summed E-state index contributed by atoms with van der Waals surface area (Å²) in [4.78, 5) is 6.76. The Morgan fingerprint density at radius 1 is 1.19 bits per heavy atom. The number of hydrogen-bond donors (Lipinski definition) is 0. The van der Waals surface area contributed by atoms with Gasteiger partial charge in [-0.1, -0.05) is 17.3 Å². The number of nitrogens with zero attached hydrogens (tertiary/aromatic N) is 2. The summed E-state index contributed by atoms with van der Waals surface area (Å²) in [5.41, 5.74) is 2.95. The lowest BCUT2D eigenvalue weighted by Gasteiger charge is -2.20. The fourth-order valence-electron chi connectivity index (χ4n) is 2.32. The van der Waals surface area contributed by atoms with Crippen LogP contribution in [0.4, 0.5) is 0 Å². The molecule has 0 fully saturated rings. The van der Waals surface area contributed by atoms with E-state index in [0.29, 0.717) is 26.6 Å². The van der Waals surface area contributed by atoms with Crippen molar-refractivity contribution in [1.29, 1.82) is 0 Å². The Morgan fingerprint density at radius 2 is 1.88 bits per heavy atom. The van der Waals surface area contributed by atoms with Crippen LogP contribution in [0, 0.1) is 13.8 Å². The van der Waals surface area contributed by atoms with E-state index in [0.717, 1.165) is 34.9 Å². The molecule has 0 aliphatic rings. The summed E-state index contributed by atoms with van der Waals surface area (Å²) in [6.45, 7) is 10.8. The average Bonchev–Trinajstić information content (AvgIpc) is 2.58. The summed E-state index contributed by atoms with van der Waals surface area (Å²) in [5, 5.41) is 3.81. The molecule has 146 valence electrons. The monoisotopic (exact) mass is 364 g/mol. The van der Waals surface area contributed by atoms with Gasteiger partial charge in [-0.15, -0.1) is 0 Å². The molecule has 0 heterocycles. The van der Waals surface area contributed by atoms with Crippen molar-refractivity contribution < 1.29 is 19.0 Å². The highest BCUT2D eigenvalue weighted by molar-refractivity contribution is 5.82. The molecule has 0 N–H and O–H groups in total. The predicted molar refractivity (Wildman–Crippen MR) is 105 cm³/mol. The molecule has 0 bridgehead atoms. The minimum absolute atomic E-state index is 0.468. The van der Waals surface area contributed by atoms with Gasteiger partial charge in [-0.2, -0.15) is 0 Å². The van der Waals surface area contributed by atoms with Crippen LogP contribution in [0.5, 0.6) is 11.5 Å². The molecule has 1 aromatic rings. The Kier molecular flexibility index (Phi) is 10.4. The maximum atomic E-state index is 5.98. The summed E-state index contributed by atoms with van der Waals surface area (Å²) in [6.07, 6.45) is 3.96. The van der Waals surface area contributed by atoms with Gasteiger partial charge in [0.25, 0.3) is 0 Å². The molecule has 0 aliphatic heterocycles. The third-order valence-electron chi connectivity index (χ3n) is 3.62. The molecule has 0 spiro atoms. The Labute approximate surface area is 157 Å². The number of benzene rings is 1. The van der Waals surface area contributed by atoms with Gasteiger partial charge < -0.3 is 19.0 Å². The number of ether oxygens (including phenoxy) is 3. The van der Waals surface area contributed by atoms with Crippen LogP contribution in [0.1, 0.15) is 25.0 Å². The number of hydrogen-bond acceptors (Lipinski definition) is 6. The van der Waals surface area contributed by atoms with Crippen LogP contribution in [0.3, 0.4) is 0 Å². The van der Waals surface area contributed by atoms with E-state index in [9.17, 15) is 0 Å². The lowest BCUT2D eigenvalue weighted by atomic mass is 10.1. The largest absolute Gasteiger partial charge is 0.490 e. The first-order chi connectivity index (χ1) is 12.5. The highest BCUT2D eigenvalue weighted by atomic mass is 16.6. The minimum atomic E-state index is 0.468. The van der Waals surface area contributed by atoms with Crippen molar-refractivity contribution in [2.24, 2.45) is 5.16 Å². The molecular formula is C20H32N2O4. The van der Waals surface area contributed by atoms with Crippen molar-refractivity contribution in [3.05, 3.63) is 35.4 Å². The molecule has 0 unspecified atom stereocenters. The SMILES string of the molecule is C/C=C/COc1cc(C)c(OCN(C)CCOCC(C)=NOC)c(C)c1. The van der Waals surface area contributed by atoms with E-state index < -0.39 is 0 Å². The van der Waals surface area contributed by atoms with Gasteiger partial charge in [0.15, 0.2) is 0 Å². The van der Waals surface area contributed by atoms with Crippen molar-refractivity contribution in [2.45, 2.75) is 27.7 Å². The van der Waals surface area contributed by atoms with Crippen LogP contribution in [0.25, 0.3) is 0 Å². The smallest absolute Gasteiger partial charge is 0.141 e. The van der Waals surface area contributed by atoms with Crippen molar-refractivity contribution in [3.63, 3.8) is 0 Å². The Bertz CT molecular complexity index is 576. The van der Waals surface area contributed by atoms with E-state index in [4.69, 9.17) is 19.0 Å². The van der Waals surface area contributed by atoms with Gasteiger partial charge in [-0.3, -0.25) is 4.90 Å². The zero-order valence-corrected chi connectivity index (χ0v) is 16.9. The fourth-order valence-corrected chi connectivity index (χ4v) is 2.32. The molecule has 6 heteroatoms. The highest BCUT2D eigenvalue weighted by Crippen LogP contribution is 2.28. The molecule has 1 rings (SSSR count). The molecule has 0 amide bonds. The molecule has 0 aromatic heterocycles. The highest BCUT2D eigenvalue weighted by Gasteiger charge is 2.09. The first kappa shape index (κ1) is 22.0. The van der Waals surface area contributed by atoms with E-state index in [1.54, 1.807) is 0 Å². The first-order valence-electron chi connectivity index (χ1n) is 8.78. The molecule has 0 saturated carbocycles. The van der Waals surface area contributed by atoms with Gasteiger partial charge in [0.05, 0.1) is 18.9 Å². The Hall–Kier alpha value is -2.05. The number of rotatable bonds is 12. The maximum Gasteiger partial charge on any atom is 0.141 e. The fraction of sp³-hybridized carbons (Fsp3) is 0.550. The van der Waals surface area contributed by atoms with E-state index in [1.807, 2.05) is 59.0 Å². The number of oxime groups is 1. The molecule has 0 aliphatic carbocycles. The number of likely N-dealkylation sites (N-methyl/N-ethyl adjacent to an activating group) is 1. The quantitative estimate of drug-likeness (QED) is 0.187.